The molecule has 0 N–H and O–H groups in total. The molecule has 1 aliphatic rings. The number of aromatic nitrogens is 3. The first-order valence-electron chi connectivity index (χ1n) is 4.99. The van der Waals surface area contributed by atoms with E-state index in [9.17, 15) is 0 Å². The van der Waals surface area contributed by atoms with Gasteiger partial charge in [-0.15, -0.1) is 0 Å². The van der Waals surface area contributed by atoms with Gasteiger partial charge in [0.25, 0.3) is 0 Å². The summed E-state index contributed by atoms with van der Waals surface area (Å²) < 4.78 is 2.89. The molecule has 3 rings (SSSR count). The molecule has 3 nitrogen and oxygen atoms in total. The standard InChI is InChI=1S/C11H10BrN3/c12-11-5-9(3-4-13-11)15-6-10(14-7-15)8-1-2-8/h3-8H,1-2H2. The molecule has 0 amide bonds. The summed E-state index contributed by atoms with van der Waals surface area (Å²) in [5, 5.41) is 0. The summed E-state index contributed by atoms with van der Waals surface area (Å²) in [5.74, 6) is 0.705. The van der Waals surface area contributed by atoms with E-state index in [4.69, 9.17) is 0 Å². The molecule has 0 spiro atoms. The zero-order chi connectivity index (χ0) is 10.3. The van der Waals surface area contributed by atoms with E-state index in [0.29, 0.717) is 5.92 Å². The van der Waals surface area contributed by atoms with Gasteiger partial charge in [0.2, 0.25) is 0 Å². The lowest BCUT2D eigenvalue weighted by molar-refractivity contribution is 1.04. The van der Waals surface area contributed by atoms with Crippen molar-refractivity contribution < 1.29 is 0 Å². The maximum absolute atomic E-state index is 4.41. The van der Waals surface area contributed by atoms with Crippen LogP contribution >= 0.6 is 15.9 Å². The van der Waals surface area contributed by atoms with Crippen LogP contribution in [0.25, 0.3) is 5.69 Å². The minimum absolute atomic E-state index is 0.705. The van der Waals surface area contributed by atoms with Crippen LogP contribution in [0.5, 0.6) is 0 Å². The SMILES string of the molecule is Brc1cc(-n2cnc(C3CC3)c2)ccn1. The largest absolute Gasteiger partial charge is 0.306 e. The van der Waals surface area contributed by atoms with Crippen molar-refractivity contribution in [1.29, 1.82) is 0 Å². The monoisotopic (exact) mass is 263 g/mol. The van der Waals surface area contributed by atoms with Crippen LogP contribution in [-0.2, 0) is 0 Å². The highest BCUT2D eigenvalue weighted by Crippen LogP contribution is 2.39. The maximum Gasteiger partial charge on any atom is 0.108 e. The Morgan fingerprint density at radius 3 is 2.93 bits per heavy atom. The molecule has 2 aromatic rings. The van der Waals surface area contributed by atoms with E-state index in [-0.39, 0.29) is 0 Å². The molecule has 0 atom stereocenters. The Bertz CT molecular complexity index is 488. The lowest BCUT2D eigenvalue weighted by Gasteiger charge is -2.00. The van der Waals surface area contributed by atoms with Crippen molar-refractivity contribution in [3.63, 3.8) is 0 Å². The molecule has 0 saturated heterocycles. The molecule has 1 fully saturated rings. The van der Waals surface area contributed by atoms with Crippen LogP contribution < -0.4 is 0 Å². The van der Waals surface area contributed by atoms with Gasteiger partial charge in [-0.3, -0.25) is 0 Å². The van der Waals surface area contributed by atoms with Crippen LogP contribution in [-0.4, -0.2) is 14.5 Å². The maximum atomic E-state index is 4.41. The zero-order valence-electron chi connectivity index (χ0n) is 8.10. The van der Waals surface area contributed by atoms with Crippen molar-refractivity contribution >= 4 is 15.9 Å². The van der Waals surface area contributed by atoms with Crippen LogP contribution in [0.2, 0.25) is 0 Å². The summed E-state index contributed by atoms with van der Waals surface area (Å²) in [6, 6.07) is 3.96. The van der Waals surface area contributed by atoms with Gasteiger partial charge in [-0.05, 0) is 40.9 Å². The van der Waals surface area contributed by atoms with Gasteiger partial charge >= 0.3 is 0 Å². The number of rotatable bonds is 2. The Morgan fingerprint density at radius 2 is 2.20 bits per heavy atom. The molecule has 0 aromatic carbocycles. The number of pyridine rings is 1. The van der Waals surface area contributed by atoms with Crippen molar-refractivity contribution in [2.75, 3.05) is 0 Å². The summed E-state index contributed by atoms with van der Waals surface area (Å²) in [7, 11) is 0. The number of imidazole rings is 1. The number of hydrogen-bond acceptors (Lipinski definition) is 2. The lowest BCUT2D eigenvalue weighted by atomic mass is 10.3. The Kier molecular flexibility index (Phi) is 2.09. The average Bonchev–Trinajstić information content (AvgIpc) is 2.97. The molecule has 0 bridgehead atoms. The second-order valence-electron chi connectivity index (χ2n) is 3.82. The molecule has 1 saturated carbocycles. The molecular formula is C11H10BrN3. The van der Waals surface area contributed by atoms with Gasteiger partial charge < -0.3 is 4.57 Å². The van der Waals surface area contributed by atoms with Crippen molar-refractivity contribution in [2.24, 2.45) is 0 Å². The summed E-state index contributed by atoms with van der Waals surface area (Å²) >= 11 is 3.36. The van der Waals surface area contributed by atoms with Gasteiger partial charge in [0.05, 0.1) is 17.7 Å². The molecule has 2 heterocycles. The van der Waals surface area contributed by atoms with Crippen LogP contribution in [0, 0.1) is 0 Å². The molecule has 2 aromatic heterocycles. The summed E-state index contributed by atoms with van der Waals surface area (Å²) in [6.07, 6.45) is 8.35. The van der Waals surface area contributed by atoms with E-state index in [1.165, 1.54) is 18.5 Å². The highest BCUT2D eigenvalue weighted by molar-refractivity contribution is 9.10. The fourth-order valence-corrected chi connectivity index (χ4v) is 1.97. The minimum atomic E-state index is 0.705. The Morgan fingerprint density at radius 1 is 1.33 bits per heavy atom. The number of nitrogens with zero attached hydrogens (tertiary/aromatic N) is 3. The number of halogens is 1. The van der Waals surface area contributed by atoms with Gasteiger partial charge in [-0.1, -0.05) is 0 Å². The molecule has 4 heteroatoms. The second-order valence-corrected chi connectivity index (χ2v) is 4.63. The van der Waals surface area contributed by atoms with Crippen molar-refractivity contribution in [3.05, 3.63) is 41.2 Å². The predicted molar refractivity (Wildman–Crippen MR) is 61.0 cm³/mol. The molecule has 15 heavy (non-hydrogen) atoms. The van der Waals surface area contributed by atoms with E-state index in [0.717, 1.165) is 10.3 Å². The first-order valence-corrected chi connectivity index (χ1v) is 5.78. The van der Waals surface area contributed by atoms with Gasteiger partial charge in [-0.2, -0.15) is 0 Å². The third-order valence-electron chi connectivity index (χ3n) is 2.61. The molecule has 1 aliphatic carbocycles. The average molecular weight is 264 g/mol. The minimum Gasteiger partial charge on any atom is -0.306 e. The molecule has 0 unspecified atom stereocenters. The van der Waals surface area contributed by atoms with Gasteiger partial charge in [0.15, 0.2) is 0 Å². The topological polar surface area (TPSA) is 30.7 Å². The zero-order valence-corrected chi connectivity index (χ0v) is 9.68. The Hall–Kier alpha value is -1.16. The smallest absolute Gasteiger partial charge is 0.108 e. The van der Waals surface area contributed by atoms with E-state index >= 15 is 0 Å². The quantitative estimate of drug-likeness (QED) is 0.781. The molecule has 0 radical (unpaired) electrons. The third-order valence-corrected chi connectivity index (χ3v) is 3.04. The van der Waals surface area contributed by atoms with E-state index in [1.807, 2.05) is 23.0 Å². The summed E-state index contributed by atoms with van der Waals surface area (Å²) in [4.78, 5) is 8.51. The molecular weight excluding hydrogens is 254 g/mol. The van der Waals surface area contributed by atoms with Crippen molar-refractivity contribution in [3.8, 4) is 5.69 Å². The fourth-order valence-electron chi connectivity index (χ4n) is 1.62. The van der Waals surface area contributed by atoms with Crippen molar-refractivity contribution in [1.82, 2.24) is 14.5 Å². The predicted octanol–water partition coefficient (Wildman–Crippen LogP) is 2.91. The third kappa shape index (κ3) is 1.81. The van der Waals surface area contributed by atoms with Gasteiger partial charge in [0, 0.05) is 18.3 Å². The first kappa shape index (κ1) is 9.09. The highest BCUT2D eigenvalue weighted by atomic mass is 79.9. The van der Waals surface area contributed by atoms with Crippen LogP contribution in [0.3, 0.4) is 0 Å². The highest BCUT2D eigenvalue weighted by Gasteiger charge is 2.25. The first-order chi connectivity index (χ1) is 7.33. The number of hydrogen-bond donors (Lipinski definition) is 0. The van der Waals surface area contributed by atoms with Crippen molar-refractivity contribution in [2.45, 2.75) is 18.8 Å². The van der Waals surface area contributed by atoms with Crippen LogP contribution in [0.15, 0.2) is 35.5 Å². The lowest BCUT2D eigenvalue weighted by Crippen LogP contribution is -1.90. The van der Waals surface area contributed by atoms with Gasteiger partial charge in [-0.25, -0.2) is 9.97 Å². The summed E-state index contributed by atoms with van der Waals surface area (Å²) in [5.41, 5.74) is 2.30. The fraction of sp³-hybridized carbons (Fsp3) is 0.273. The normalized spacial score (nSPS) is 15.5. The molecule has 0 aliphatic heterocycles. The summed E-state index contributed by atoms with van der Waals surface area (Å²) in [6.45, 7) is 0. The second kappa shape index (κ2) is 3.45. The van der Waals surface area contributed by atoms with E-state index in [2.05, 4.69) is 32.1 Å². The van der Waals surface area contributed by atoms with E-state index in [1.54, 1.807) is 6.20 Å². The van der Waals surface area contributed by atoms with E-state index < -0.39 is 0 Å². The van der Waals surface area contributed by atoms with Crippen LogP contribution in [0.4, 0.5) is 0 Å². The molecule has 76 valence electrons. The van der Waals surface area contributed by atoms with Crippen LogP contribution in [0.1, 0.15) is 24.5 Å². The van der Waals surface area contributed by atoms with Gasteiger partial charge in [0.1, 0.15) is 4.60 Å². The Labute approximate surface area is 96.3 Å². The Balaban J connectivity index is 1.97.